The molecule has 0 saturated carbocycles. The van der Waals surface area contributed by atoms with Crippen LogP contribution in [0.5, 0.6) is 0 Å². The Kier molecular flexibility index (Phi) is 7.20. The Bertz CT molecular complexity index is 1120. The average Bonchev–Trinajstić information content (AvgIpc) is 3.21. The number of rotatable bonds is 6. The van der Waals surface area contributed by atoms with Gasteiger partial charge in [-0.05, 0) is 80.0 Å². The summed E-state index contributed by atoms with van der Waals surface area (Å²) in [6.07, 6.45) is 1.23. The fourth-order valence-electron chi connectivity index (χ4n) is 2.96. The summed E-state index contributed by atoms with van der Waals surface area (Å²) in [5, 5.41) is 8.51. The highest BCUT2D eigenvalue weighted by atomic mass is 32.1. The van der Waals surface area contributed by atoms with Gasteiger partial charge in [0, 0.05) is 23.4 Å². The van der Waals surface area contributed by atoms with E-state index in [9.17, 15) is 9.59 Å². The Hall–Kier alpha value is -3.45. The summed E-state index contributed by atoms with van der Waals surface area (Å²) in [7, 11) is 0. The Labute approximate surface area is 187 Å². The minimum atomic E-state index is -0.444. The summed E-state index contributed by atoms with van der Waals surface area (Å²) in [5.74, 6) is 0.286. The van der Waals surface area contributed by atoms with Crippen molar-refractivity contribution in [2.24, 2.45) is 0 Å². The number of carbonyl (C=O) groups excluding carboxylic acids is 2. The van der Waals surface area contributed by atoms with Gasteiger partial charge in [0.1, 0.15) is 5.76 Å². The van der Waals surface area contributed by atoms with Crippen LogP contribution in [0, 0.1) is 13.8 Å². The van der Waals surface area contributed by atoms with Crippen LogP contribution in [0.15, 0.2) is 59.0 Å². The normalized spacial score (nSPS) is 10.4. The smallest absolute Gasteiger partial charge is 0.293 e. The third kappa shape index (κ3) is 6.02. The lowest BCUT2D eigenvalue weighted by Gasteiger charge is -2.10. The number of aryl methyl sites for hydroxylation is 2. The predicted molar refractivity (Wildman–Crippen MR) is 127 cm³/mol. The molecule has 31 heavy (non-hydrogen) atoms. The summed E-state index contributed by atoms with van der Waals surface area (Å²) in [4.78, 5) is 24.3. The van der Waals surface area contributed by atoms with Crippen LogP contribution in [-0.2, 0) is 4.79 Å². The zero-order chi connectivity index (χ0) is 22.4. The van der Waals surface area contributed by atoms with Gasteiger partial charge in [-0.15, -0.1) is 0 Å². The van der Waals surface area contributed by atoms with Gasteiger partial charge in [0.25, 0.3) is 5.91 Å². The van der Waals surface area contributed by atoms with Gasteiger partial charge < -0.3 is 15.1 Å². The first-order chi connectivity index (χ1) is 14.9. The molecule has 0 atom stereocenters. The van der Waals surface area contributed by atoms with Crippen LogP contribution in [0.25, 0.3) is 11.3 Å². The topological polar surface area (TPSA) is 83.4 Å². The Morgan fingerprint density at radius 3 is 2.39 bits per heavy atom. The maximum Gasteiger partial charge on any atom is 0.293 e. The molecule has 160 valence electrons. The first kappa shape index (κ1) is 22.2. The van der Waals surface area contributed by atoms with Crippen LogP contribution in [0.3, 0.4) is 0 Å². The van der Waals surface area contributed by atoms with E-state index in [0.29, 0.717) is 23.6 Å². The number of carbonyl (C=O) groups is 2. The number of furan rings is 1. The van der Waals surface area contributed by atoms with Gasteiger partial charge in [0.2, 0.25) is 5.91 Å². The summed E-state index contributed by atoms with van der Waals surface area (Å²) in [6, 6.07) is 16.5. The molecule has 0 fully saturated rings. The number of thiocarbonyl (C=S) groups is 1. The largest absolute Gasteiger partial charge is 0.451 e. The molecule has 0 aliphatic rings. The van der Waals surface area contributed by atoms with E-state index in [-0.39, 0.29) is 16.8 Å². The van der Waals surface area contributed by atoms with Crippen molar-refractivity contribution >= 4 is 40.5 Å². The molecule has 6 nitrogen and oxygen atoms in total. The molecule has 0 radical (unpaired) electrons. The number of nitrogens with one attached hydrogen (secondary N) is 3. The second-order valence-electron chi connectivity index (χ2n) is 7.25. The van der Waals surface area contributed by atoms with Gasteiger partial charge in [0.15, 0.2) is 10.9 Å². The van der Waals surface area contributed by atoms with Crippen LogP contribution in [0.2, 0.25) is 0 Å². The van der Waals surface area contributed by atoms with Crippen LogP contribution in [0.1, 0.15) is 41.4 Å². The Balaban J connectivity index is 1.61. The van der Waals surface area contributed by atoms with Gasteiger partial charge in [-0.1, -0.05) is 25.1 Å². The second-order valence-corrected chi connectivity index (χ2v) is 7.66. The lowest BCUT2D eigenvalue weighted by Crippen LogP contribution is -2.33. The lowest BCUT2D eigenvalue weighted by molar-refractivity contribution is -0.116. The molecular weight excluding hydrogens is 410 g/mol. The maximum absolute atomic E-state index is 12.5. The minimum Gasteiger partial charge on any atom is -0.451 e. The van der Waals surface area contributed by atoms with Crippen LogP contribution >= 0.6 is 12.2 Å². The summed E-state index contributed by atoms with van der Waals surface area (Å²) >= 11 is 5.24. The zero-order valence-electron chi connectivity index (χ0n) is 17.7. The fourth-order valence-corrected chi connectivity index (χ4v) is 3.17. The van der Waals surface area contributed by atoms with E-state index in [4.69, 9.17) is 16.6 Å². The molecule has 3 rings (SSSR count). The molecular formula is C24H25N3O3S. The third-order valence-corrected chi connectivity index (χ3v) is 4.93. The van der Waals surface area contributed by atoms with Crippen molar-refractivity contribution in [3.63, 3.8) is 0 Å². The highest BCUT2D eigenvalue weighted by molar-refractivity contribution is 7.80. The highest BCUT2D eigenvalue weighted by Crippen LogP contribution is 2.24. The molecule has 0 saturated heterocycles. The second kappa shape index (κ2) is 10.0. The van der Waals surface area contributed by atoms with Crippen molar-refractivity contribution < 1.29 is 14.0 Å². The van der Waals surface area contributed by atoms with Crippen molar-refractivity contribution in [3.8, 4) is 11.3 Å². The summed E-state index contributed by atoms with van der Waals surface area (Å²) in [6.45, 7) is 6.02. The summed E-state index contributed by atoms with van der Waals surface area (Å²) in [5.41, 5.74) is 4.55. The van der Waals surface area contributed by atoms with E-state index in [1.54, 1.807) is 36.4 Å². The number of benzene rings is 2. The van der Waals surface area contributed by atoms with Crippen LogP contribution in [-0.4, -0.2) is 16.9 Å². The molecule has 2 amide bonds. The van der Waals surface area contributed by atoms with E-state index in [0.717, 1.165) is 17.5 Å². The van der Waals surface area contributed by atoms with E-state index < -0.39 is 5.91 Å². The predicted octanol–water partition coefficient (Wildman–Crippen LogP) is 5.43. The molecule has 2 aromatic carbocycles. The fraction of sp³-hybridized carbons (Fsp3) is 0.208. The quantitative estimate of drug-likeness (QED) is 0.450. The average molecular weight is 436 g/mol. The van der Waals surface area contributed by atoms with Crippen molar-refractivity contribution in [3.05, 3.63) is 71.5 Å². The first-order valence-electron chi connectivity index (χ1n) is 10.1. The molecule has 0 unspecified atom stereocenters. The van der Waals surface area contributed by atoms with Gasteiger partial charge in [-0.25, -0.2) is 0 Å². The van der Waals surface area contributed by atoms with Crippen molar-refractivity contribution in [1.29, 1.82) is 0 Å². The molecule has 0 aliphatic heterocycles. The zero-order valence-corrected chi connectivity index (χ0v) is 18.6. The van der Waals surface area contributed by atoms with Crippen LogP contribution < -0.4 is 16.0 Å². The monoisotopic (exact) mass is 435 g/mol. The molecule has 1 heterocycles. The Morgan fingerprint density at radius 2 is 1.68 bits per heavy atom. The van der Waals surface area contributed by atoms with E-state index in [1.165, 1.54) is 5.56 Å². The van der Waals surface area contributed by atoms with Crippen LogP contribution in [0.4, 0.5) is 11.4 Å². The van der Waals surface area contributed by atoms with Gasteiger partial charge in [-0.2, -0.15) is 0 Å². The number of hydrogen-bond donors (Lipinski definition) is 3. The highest BCUT2D eigenvalue weighted by Gasteiger charge is 2.14. The molecule has 3 aromatic rings. The first-order valence-corrected chi connectivity index (χ1v) is 10.5. The van der Waals surface area contributed by atoms with Gasteiger partial charge >= 0.3 is 0 Å². The minimum absolute atomic E-state index is 0.0482. The van der Waals surface area contributed by atoms with E-state index >= 15 is 0 Å². The molecule has 7 heteroatoms. The number of amides is 2. The third-order valence-electron chi connectivity index (χ3n) is 4.73. The Morgan fingerprint density at radius 1 is 0.935 bits per heavy atom. The number of hydrogen-bond acceptors (Lipinski definition) is 4. The molecule has 0 bridgehead atoms. The lowest BCUT2D eigenvalue weighted by atomic mass is 10.1. The van der Waals surface area contributed by atoms with E-state index in [1.807, 2.05) is 39.0 Å². The van der Waals surface area contributed by atoms with Gasteiger partial charge in [-0.3, -0.25) is 14.9 Å². The maximum atomic E-state index is 12.5. The van der Waals surface area contributed by atoms with E-state index in [2.05, 4.69) is 16.0 Å². The van der Waals surface area contributed by atoms with Crippen molar-refractivity contribution in [2.45, 2.75) is 33.6 Å². The van der Waals surface area contributed by atoms with Crippen molar-refractivity contribution in [1.82, 2.24) is 5.32 Å². The van der Waals surface area contributed by atoms with Crippen molar-refractivity contribution in [2.75, 3.05) is 10.6 Å². The summed E-state index contributed by atoms with van der Waals surface area (Å²) < 4.78 is 5.72. The molecule has 0 aliphatic carbocycles. The standard InChI is InChI=1S/C24H25N3O3S/c1-4-6-22(28)25-18-7-5-8-19(14-18)26-24(31)27-23(29)21-12-11-20(30-21)17-10-9-15(2)16(3)13-17/h5,7-14H,4,6H2,1-3H3,(H,25,28)(H2,26,27,29,31). The molecule has 1 aromatic heterocycles. The molecule has 3 N–H and O–H groups in total. The number of anilines is 2. The molecule has 0 spiro atoms. The van der Waals surface area contributed by atoms with Gasteiger partial charge in [0.05, 0.1) is 0 Å². The SMILES string of the molecule is CCCC(=O)Nc1cccc(NC(=S)NC(=O)c2ccc(-c3ccc(C)c(C)c3)o2)c1.